The first-order valence-corrected chi connectivity index (χ1v) is 8.68. The second-order valence-corrected chi connectivity index (χ2v) is 6.69. The Morgan fingerprint density at radius 1 is 1.09 bits per heavy atom. The minimum Gasteiger partial charge on any atom is -0.338 e. The van der Waals surface area contributed by atoms with Crippen molar-refractivity contribution in [3.05, 3.63) is 47.6 Å². The Kier molecular flexibility index (Phi) is 4.39. The summed E-state index contributed by atoms with van der Waals surface area (Å²) in [5.41, 5.74) is 1.22. The van der Waals surface area contributed by atoms with Crippen LogP contribution >= 0.6 is 0 Å². The van der Waals surface area contributed by atoms with E-state index >= 15 is 0 Å². The summed E-state index contributed by atoms with van der Waals surface area (Å²) < 4.78 is 5.44. The summed E-state index contributed by atoms with van der Waals surface area (Å²) in [6.07, 6.45) is 4.73. The van der Waals surface area contributed by atoms with Crippen LogP contribution in [-0.4, -0.2) is 52.2 Å². The molecule has 0 N–H and O–H groups in total. The smallest absolute Gasteiger partial charge is 0.240 e. The third-order valence-corrected chi connectivity index (χ3v) is 4.98. The fourth-order valence-corrected chi connectivity index (χ4v) is 3.76. The fraction of sp³-hybridized carbons (Fsp3) is 0.556. The third-order valence-electron chi connectivity index (χ3n) is 4.98. The van der Waals surface area contributed by atoms with Gasteiger partial charge in [0.15, 0.2) is 5.82 Å². The van der Waals surface area contributed by atoms with Crippen molar-refractivity contribution >= 4 is 0 Å². The van der Waals surface area contributed by atoms with Gasteiger partial charge >= 0.3 is 0 Å². The minimum atomic E-state index is 0.726. The molecule has 0 saturated carbocycles. The van der Waals surface area contributed by atoms with Crippen molar-refractivity contribution in [3.8, 4) is 0 Å². The Balaban J connectivity index is 1.31. The van der Waals surface area contributed by atoms with Crippen LogP contribution in [0.1, 0.15) is 36.5 Å². The molecule has 23 heavy (non-hydrogen) atoms. The van der Waals surface area contributed by atoms with Gasteiger partial charge < -0.3 is 4.52 Å². The highest BCUT2D eigenvalue weighted by Crippen LogP contribution is 2.21. The zero-order chi connectivity index (χ0) is 15.5. The van der Waals surface area contributed by atoms with E-state index in [-0.39, 0.29) is 0 Å². The van der Waals surface area contributed by atoms with E-state index < -0.39 is 0 Å². The summed E-state index contributed by atoms with van der Waals surface area (Å²) >= 11 is 0. The van der Waals surface area contributed by atoms with Crippen molar-refractivity contribution in [2.75, 3.05) is 26.2 Å². The Labute approximate surface area is 137 Å². The zero-order valence-electron chi connectivity index (χ0n) is 13.5. The van der Waals surface area contributed by atoms with Crippen LogP contribution < -0.4 is 0 Å². The molecule has 1 atom stereocenters. The van der Waals surface area contributed by atoms with Crippen LogP contribution in [0.2, 0.25) is 0 Å². The monoisotopic (exact) mass is 312 g/mol. The third kappa shape index (κ3) is 3.62. The van der Waals surface area contributed by atoms with Crippen LogP contribution in [0.25, 0.3) is 0 Å². The molecule has 5 nitrogen and oxygen atoms in total. The SMILES string of the molecule is c1ccc(Cc2noc(CN3CCC(N4CCCC4)C3)n2)cc1. The van der Waals surface area contributed by atoms with Crippen LogP contribution in [0.15, 0.2) is 34.9 Å². The average Bonchev–Trinajstić information content (AvgIpc) is 3.30. The van der Waals surface area contributed by atoms with Gasteiger partial charge in [-0.1, -0.05) is 35.5 Å². The summed E-state index contributed by atoms with van der Waals surface area (Å²) in [4.78, 5) is 9.65. The van der Waals surface area contributed by atoms with Gasteiger partial charge in [0.1, 0.15) is 0 Å². The molecule has 4 rings (SSSR count). The topological polar surface area (TPSA) is 45.4 Å². The largest absolute Gasteiger partial charge is 0.338 e. The second-order valence-electron chi connectivity index (χ2n) is 6.69. The van der Waals surface area contributed by atoms with Crippen molar-refractivity contribution in [1.82, 2.24) is 19.9 Å². The van der Waals surface area contributed by atoms with Gasteiger partial charge in [-0.05, 0) is 37.9 Å². The first-order valence-electron chi connectivity index (χ1n) is 8.68. The zero-order valence-corrected chi connectivity index (χ0v) is 13.5. The van der Waals surface area contributed by atoms with E-state index in [4.69, 9.17) is 4.52 Å². The van der Waals surface area contributed by atoms with Gasteiger partial charge in [-0.2, -0.15) is 4.98 Å². The number of rotatable bonds is 5. The lowest BCUT2D eigenvalue weighted by Gasteiger charge is -2.23. The Bertz CT molecular complexity index is 621. The van der Waals surface area contributed by atoms with Crippen LogP contribution in [0, 0.1) is 0 Å². The molecule has 2 fully saturated rings. The highest BCUT2D eigenvalue weighted by molar-refractivity contribution is 5.18. The van der Waals surface area contributed by atoms with Crippen molar-refractivity contribution in [3.63, 3.8) is 0 Å². The maximum Gasteiger partial charge on any atom is 0.240 e. The molecule has 2 saturated heterocycles. The molecule has 2 aliphatic heterocycles. The molecule has 0 aliphatic carbocycles. The summed E-state index contributed by atoms with van der Waals surface area (Å²) in [6, 6.07) is 11.0. The molecule has 2 aliphatic rings. The molecule has 1 unspecified atom stereocenters. The molecule has 5 heteroatoms. The highest BCUT2D eigenvalue weighted by Gasteiger charge is 2.29. The lowest BCUT2D eigenvalue weighted by atomic mass is 10.1. The predicted octanol–water partition coefficient (Wildman–Crippen LogP) is 2.33. The summed E-state index contributed by atoms with van der Waals surface area (Å²) in [5, 5.41) is 4.13. The van der Waals surface area contributed by atoms with Gasteiger partial charge in [0.25, 0.3) is 0 Å². The lowest BCUT2D eigenvalue weighted by molar-refractivity contribution is 0.217. The summed E-state index contributed by atoms with van der Waals surface area (Å²) in [7, 11) is 0. The van der Waals surface area contributed by atoms with Gasteiger partial charge in [-0.3, -0.25) is 9.80 Å². The first-order chi connectivity index (χ1) is 11.4. The number of nitrogens with zero attached hydrogens (tertiary/aromatic N) is 4. The lowest BCUT2D eigenvalue weighted by Crippen LogP contribution is -2.35. The van der Waals surface area contributed by atoms with E-state index in [0.29, 0.717) is 0 Å². The summed E-state index contributed by atoms with van der Waals surface area (Å²) in [6.45, 7) is 5.61. The molecule has 122 valence electrons. The number of hydrogen-bond donors (Lipinski definition) is 0. The molecule has 1 aromatic carbocycles. The van der Waals surface area contributed by atoms with Crippen molar-refractivity contribution < 1.29 is 4.52 Å². The van der Waals surface area contributed by atoms with Crippen LogP contribution in [0.4, 0.5) is 0 Å². The maximum absolute atomic E-state index is 5.44. The normalized spacial score (nSPS) is 22.9. The number of aromatic nitrogens is 2. The molecule has 0 spiro atoms. The number of benzene rings is 1. The van der Waals surface area contributed by atoms with Crippen LogP contribution in [-0.2, 0) is 13.0 Å². The van der Waals surface area contributed by atoms with Crippen LogP contribution in [0.3, 0.4) is 0 Å². The number of likely N-dealkylation sites (tertiary alicyclic amines) is 2. The van der Waals surface area contributed by atoms with E-state index in [1.165, 1.54) is 37.9 Å². The molecule has 0 bridgehead atoms. The quantitative estimate of drug-likeness (QED) is 0.848. The van der Waals surface area contributed by atoms with Gasteiger partial charge in [0.05, 0.1) is 6.54 Å². The average molecular weight is 312 g/mol. The molecule has 2 aromatic rings. The van der Waals surface area contributed by atoms with Crippen molar-refractivity contribution in [2.24, 2.45) is 0 Å². The summed E-state index contributed by atoms with van der Waals surface area (Å²) in [5.74, 6) is 1.53. The van der Waals surface area contributed by atoms with E-state index in [9.17, 15) is 0 Å². The van der Waals surface area contributed by atoms with E-state index in [2.05, 4.69) is 32.1 Å². The van der Waals surface area contributed by atoms with E-state index in [1.54, 1.807) is 0 Å². The van der Waals surface area contributed by atoms with E-state index in [0.717, 1.165) is 43.8 Å². The molecule has 0 radical (unpaired) electrons. The molecular weight excluding hydrogens is 288 g/mol. The standard InChI is InChI=1S/C18H24N4O/c1-2-6-15(7-3-1)12-17-19-18(23-20-17)14-21-11-8-16(13-21)22-9-4-5-10-22/h1-3,6-7,16H,4-5,8-14H2. The Hall–Kier alpha value is -1.72. The minimum absolute atomic E-state index is 0.726. The van der Waals surface area contributed by atoms with E-state index in [1.807, 2.05) is 18.2 Å². The van der Waals surface area contributed by atoms with Gasteiger partial charge in [-0.25, -0.2) is 0 Å². The number of hydrogen-bond acceptors (Lipinski definition) is 5. The van der Waals surface area contributed by atoms with Crippen LogP contribution in [0.5, 0.6) is 0 Å². The maximum atomic E-state index is 5.44. The molecule has 1 aromatic heterocycles. The Morgan fingerprint density at radius 2 is 1.91 bits per heavy atom. The highest BCUT2D eigenvalue weighted by atomic mass is 16.5. The van der Waals surface area contributed by atoms with Gasteiger partial charge in [0.2, 0.25) is 5.89 Å². The van der Waals surface area contributed by atoms with Crippen molar-refractivity contribution in [1.29, 1.82) is 0 Å². The first kappa shape index (κ1) is 14.8. The molecular formula is C18H24N4O. The van der Waals surface area contributed by atoms with Gasteiger partial charge in [-0.15, -0.1) is 0 Å². The second kappa shape index (κ2) is 6.81. The fourth-order valence-electron chi connectivity index (χ4n) is 3.76. The predicted molar refractivity (Wildman–Crippen MR) is 88.0 cm³/mol. The van der Waals surface area contributed by atoms with Gasteiger partial charge in [0, 0.05) is 25.6 Å². The molecule has 0 amide bonds. The Morgan fingerprint density at radius 3 is 2.74 bits per heavy atom. The molecule has 3 heterocycles. The van der Waals surface area contributed by atoms with Crippen molar-refractivity contribution in [2.45, 2.75) is 38.3 Å².